The van der Waals surface area contributed by atoms with Crippen LogP contribution in [-0.2, 0) is 9.53 Å². The first kappa shape index (κ1) is 11.3. The van der Waals surface area contributed by atoms with E-state index in [2.05, 4.69) is 14.7 Å². The van der Waals surface area contributed by atoms with Crippen molar-refractivity contribution in [3.05, 3.63) is 40.4 Å². The SMILES string of the molecule is COC(=O)C(F)c1nc2ccccc2c(=O)[nH]1. The van der Waals surface area contributed by atoms with Crippen LogP contribution < -0.4 is 5.56 Å². The minimum Gasteiger partial charge on any atom is -0.467 e. The third kappa shape index (κ3) is 2.01. The Kier molecular flexibility index (Phi) is 2.86. The van der Waals surface area contributed by atoms with E-state index in [-0.39, 0.29) is 5.82 Å². The zero-order valence-corrected chi connectivity index (χ0v) is 8.94. The molecule has 0 aliphatic carbocycles. The van der Waals surface area contributed by atoms with Crippen LogP contribution in [-0.4, -0.2) is 23.0 Å². The van der Waals surface area contributed by atoms with Gasteiger partial charge in [0, 0.05) is 0 Å². The molecule has 1 aromatic carbocycles. The van der Waals surface area contributed by atoms with Crippen LogP contribution in [0.2, 0.25) is 0 Å². The molecular weight excluding hydrogens is 227 g/mol. The van der Waals surface area contributed by atoms with E-state index >= 15 is 0 Å². The molecule has 0 fully saturated rings. The zero-order valence-electron chi connectivity index (χ0n) is 8.94. The molecule has 0 spiro atoms. The summed E-state index contributed by atoms with van der Waals surface area (Å²) in [7, 11) is 1.06. The quantitative estimate of drug-likeness (QED) is 0.793. The summed E-state index contributed by atoms with van der Waals surface area (Å²) in [6, 6.07) is 6.48. The third-order valence-corrected chi connectivity index (χ3v) is 2.28. The van der Waals surface area contributed by atoms with Gasteiger partial charge in [0.1, 0.15) is 0 Å². The standard InChI is InChI=1S/C11H9FN2O3/c1-17-11(16)8(12)9-13-7-5-3-2-4-6(7)10(15)14-9/h2-5,8H,1H3,(H,13,14,15). The summed E-state index contributed by atoms with van der Waals surface area (Å²) in [6.07, 6.45) is -2.09. The van der Waals surface area contributed by atoms with E-state index in [4.69, 9.17) is 0 Å². The monoisotopic (exact) mass is 236 g/mol. The van der Waals surface area contributed by atoms with Crippen molar-refractivity contribution in [3.63, 3.8) is 0 Å². The second kappa shape index (κ2) is 4.32. The number of para-hydroxylation sites is 1. The molecule has 0 bridgehead atoms. The van der Waals surface area contributed by atoms with Gasteiger partial charge >= 0.3 is 5.97 Å². The van der Waals surface area contributed by atoms with Gasteiger partial charge in [-0.15, -0.1) is 0 Å². The van der Waals surface area contributed by atoms with Crippen LogP contribution in [0.1, 0.15) is 12.0 Å². The maximum atomic E-state index is 13.5. The first-order valence-corrected chi connectivity index (χ1v) is 4.84. The van der Waals surface area contributed by atoms with Gasteiger partial charge in [0.25, 0.3) is 11.7 Å². The van der Waals surface area contributed by atoms with Gasteiger partial charge in [-0.3, -0.25) is 4.79 Å². The molecule has 1 N–H and O–H groups in total. The number of methoxy groups -OCH3 is 1. The summed E-state index contributed by atoms with van der Waals surface area (Å²) in [5.74, 6) is -1.44. The van der Waals surface area contributed by atoms with Crippen LogP contribution in [0.15, 0.2) is 29.1 Å². The average molecular weight is 236 g/mol. The number of nitrogens with one attached hydrogen (secondary N) is 1. The number of esters is 1. The largest absolute Gasteiger partial charge is 0.467 e. The predicted octanol–water partition coefficient (Wildman–Crippen LogP) is 1.11. The van der Waals surface area contributed by atoms with Crippen molar-refractivity contribution in [1.29, 1.82) is 0 Å². The molecule has 6 heteroatoms. The molecule has 0 aliphatic rings. The zero-order chi connectivity index (χ0) is 12.4. The highest BCUT2D eigenvalue weighted by atomic mass is 19.1. The number of nitrogens with zero attached hydrogens (tertiary/aromatic N) is 1. The topological polar surface area (TPSA) is 72.0 Å². The number of carbonyl (C=O) groups excluding carboxylic acids is 1. The number of carbonyl (C=O) groups is 1. The molecule has 2 aromatic rings. The summed E-state index contributed by atoms with van der Waals surface area (Å²) in [5, 5.41) is 0.341. The van der Waals surface area contributed by atoms with Crippen molar-refractivity contribution >= 4 is 16.9 Å². The number of benzene rings is 1. The highest BCUT2D eigenvalue weighted by Gasteiger charge is 2.23. The van der Waals surface area contributed by atoms with Crippen LogP contribution in [0, 0.1) is 0 Å². The maximum absolute atomic E-state index is 13.5. The molecular formula is C11H9FN2O3. The molecule has 1 unspecified atom stereocenters. The fourth-order valence-electron chi connectivity index (χ4n) is 1.44. The van der Waals surface area contributed by atoms with Crippen LogP contribution in [0.5, 0.6) is 0 Å². The number of ether oxygens (including phenoxy) is 1. The van der Waals surface area contributed by atoms with E-state index in [0.717, 1.165) is 7.11 Å². The lowest BCUT2D eigenvalue weighted by atomic mass is 10.2. The third-order valence-electron chi connectivity index (χ3n) is 2.28. The Morgan fingerprint density at radius 1 is 1.47 bits per heavy atom. The van der Waals surface area contributed by atoms with Crippen LogP contribution >= 0.6 is 0 Å². The Morgan fingerprint density at radius 3 is 2.88 bits per heavy atom. The fraction of sp³-hybridized carbons (Fsp3) is 0.182. The lowest BCUT2D eigenvalue weighted by Crippen LogP contribution is -2.18. The smallest absolute Gasteiger partial charge is 0.348 e. The summed E-state index contributed by atoms with van der Waals surface area (Å²) >= 11 is 0. The van der Waals surface area contributed by atoms with Gasteiger partial charge in [0.05, 0.1) is 18.0 Å². The van der Waals surface area contributed by atoms with Gasteiger partial charge in [-0.25, -0.2) is 14.2 Å². The Bertz CT molecular complexity index is 623. The first-order valence-electron chi connectivity index (χ1n) is 4.84. The minimum atomic E-state index is -2.09. The summed E-state index contributed by atoms with van der Waals surface area (Å²) in [6.45, 7) is 0. The Morgan fingerprint density at radius 2 is 2.18 bits per heavy atom. The molecule has 0 saturated carbocycles. The fourth-order valence-corrected chi connectivity index (χ4v) is 1.44. The Labute approximate surface area is 95.2 Å². The lowest BCUT2D eigenvalue weighted by molar-refractivity contribution is -0.147. The van der Waals surface area contributed by atoms with Gasteiger partial charge in [0.15, 0.2) is 5.82 Å². The van der Waals surface area contributed by atoms with Gasteiger partial charge in [-0.2, -0.15) is 0 Å². The summed E-state index contributed by atoms with van der Waals surface area (Å²) < 4.78 is 17.8. The number of hydrogen-bond donors (Lipinski definition) is 1. The Hall–Kier alpha value is -2.24. The van der Waals surface area contributed by atoms with E-state index < -0.39 is 17.7 Å². The molecule has 5 nitrogen and oxygen atoms in total. The molecule has 0 amide bonds. The van der Waals surface area contributed by atoms with Crippen molar-refractivity contribution in [2.75, 3.05) is 7.11 Å². The van der Waals surface area contributed by atoms with E-state index in [9.17, 15) is 14.0 Å². The van der Waals surface area contributed by atoms with Gasteiger partial charge in [0.2, 0.25) is 0 Å². The highest BCUT2D eigenvalue weighted by molar-refractivity contribution is 5.79. The number of fused-ring (bicyclic) bond motifs is 1. The predicted molar refractivity (Wildman–Crippen MR) is 58.2 cm³/mol. The van der Waals surface area contributed by atoms with Crippen molar-refractivity contribution < 1.29 is 13.9 Å². The Balaban J connectivity index is 2.58. The van der Waals surface area contributed by atoms with E-state index in [1.165, 1.54) is 0 Å². The lowest BCUT2D eigenvalue weighted by Gasteiger charge is -2.06. The molecule has 88 valence electrons. The molecule has 1 atom stereocenters. The summed E-state index contributed by atoms with van der Waals surface area (Å²) in [4.78, 5) is 28.7. The maximum Gasteiger partial charge on any atom is 0.348 e. The van der Waals surface area contributed by atoms with E-state index in [1.807, 2.05) is 0 Å². The van der Waals surface area contributed by atoms with Crippen molar-refractivity contribution in [1.82, 2.24) is 9.97 Å². The first-order chi connectivity index (χ1) is 8.13. The number of rotatable bonds is 2. The molecule has 0 aliphatic heterocycles. The molecule has 2 rings (SSSR count). The second-order valence-electron chi connectivity index (χ2n) is 3.35. The number of hydrogen-bond acceptors (Lipinski definition) is 4. The molecule has 17 heavy (non-hydrogen) atoms. The second-order valence-corrected chi connectivity index (χ2v) is 3.35. The number of alkyl halides is 1. The molecule has 0 saturated heterocycles. The van der Waals surface area contributed by atoms with Crippen molar-refractivity contribution in [2.45, 2.75) is 6.17 Å². The average Bonchev–Trinajstić information content (AvgIpc) is 2.37. The van der Waals surface area contributed by atoms with E-state index in [1.54, 1.807) is 24.3 Å². The molecule has 1 heterocycles. The molecule has 1 aromatic heterocycles. The van der Waals surface area contributed by atoms with Crippen molar-refractivity contribution in [3.8, 4) is 0 Å². The van der Waals surface area contributed by atoms with Crippen LogP contribution in [0.3, 0.4) is 0 Å². The van der Waals surface area contributed by atoms with Crippen LogP contribution in [0.4, 0.5) is 4.39 Å². The normalized spacial score (nSPS) is 12.4. The number of H-pyrrole nitrogens is 1. The van der Waals surface area contributed by atoms with E-state index in [0.29, 0.717) is 10.9 Å². The summed E-state index contributed by atoms with van der Waals surface area (Å²) in [5.41, 5.74) is -0.157. The van der Waals surface area contributed by atoms with Crippen LogP contribution in [0.25, 0.3) is 10.9 Å². The van der Waals surface area contributed by atoms with Gasteiger partial charge in [-0.1, -0.05) is 12.1 Å². The van der Waals surface area contributed by atoms with Gasteiger partial charge in [-0.05, 0) is 12.1 Å². The van der Waals surface area contributed by atoms with Gasteiger partial charge < -0.3 is 9.72 Å². The minimum absolute atomic E-state index is 0.331. The van der Waals surface area contributed by atoms with Crippen molar-refractivity contribution in [2.24, 2.45) is 0 Å². The number of aromatic amines is 1. The highest BCUT2D eigenvalue weighted by Crippen LogP contribution is 2.15. The number of halogens is 1. The number of aromatic nitrogens is 2. The molecule has 0 radical (unpaired) electrons.